The van der Waals surface area contributed by atoms with Gasteiger partial charge in [-0.05, 0) is 12.1 Å². The second kappa shape index (κ2) is 5.19. The van der Waals surface area contributed by atoms with E-state index in [1.165, 1.54) is 6.07 Å². The highest BCUT2D eigenvalue weighted by Gasteiger charge is 2.18. The van der Waals surface area contributed by atoms with Crippen LogP contribution in [0.1, 0.15) is 17.2 Å². The first-order valence-corrected chi connectivity index (χ1v) is 5.80. The van der Waals surface area contributed by atoms with Gasteiger partial charge in [0, 0.05) is 30.9 Å². The molecule has 0 aromatic heterocycles. The minimum Gasteiger partial charge on any atom is -0.383 e. The van der Waals surface area contributed by atoms with Gasteiger partial charge in [0.2, 0.25) is 0 Å². The van der Waals surface area contributed by atoms with Gasteiger partial charge in [-0.2, -0.15) is 0 Å². The average molecular weight is 245 g/mol. The molecule has 0 aliphatic rings. The number of anilines is 1. The maximum Gasteiger partial charge on any atom is 0.129 e. The largest absolute Gasteiger partial charge is 0.383 e. The zero-order valence-electron chi connectivity index (χ0n) is 10.5. The summed E-state index contributed by atoms with van der Waals surface area (Å²) in [5.74, 6) is -0.390. The molecule has 0 amide bonds. The smallest absolute Gasteiger partial charge is 0.129 e. The highest BCUT2D eigenvalue weighted by Crippen LogP contribution is 2.30. The molecule has 1 unspecified atom stereocenters. The maximum atomic E-state index is 13.7. The molecule has 2 nitrogen and oxygen atoms in total. The molecule has 0 spiro atoms. The van der Waals surface area contributed by atoms with Crippen LogP contribution in [-0.4, -0.2) is 19.2 Å². The van der Waals surface area contributed by atoms with E-state index >= 15 is 0 Å². The molecule has 2 aromatic rings. The quantitative estimate of drug-likeness (QED) is 0.898. The van der Waals surface area contributed by atoms with Gasteiger partial charge in [-0.25, -0.2) is 4.39 Å². The number of halogens is 1. The van der Waals surface area contributed by atoms with E-state index in [2.05, 4.69) is 0 Å². The molecule has 18 heavy (non-hydrogen) atoms. The van der Waals surface area contributed by atoms with Crippen molar-refractivity contribution in [1.29, 1.82) is 0 Å². The lowest BCUT2D eigenvalue weighted by atomic mass is 9.99. The number of aliphatic hydroxyl groups excluding tert-OH is 1. The Morgan fingerprint density at radius 1 is 0.944 bits per heavy atom. The van der Waals surface area contributed by atoms with Crippen LogP contribution in [0, 0.1) is 5.82 Å². The van der Waals surface area contributed by atoms with E-state index in [1.807, 2.05) is 43.3 Å². The summed E-state index contributed by atoms with van der Waals surface area (Å²) in [5.41, 5.74) is 1.88. The van der Waals surface area contributed by atoms with Gasteiger partial charge in [0.05, 0.1) is 0 Å². The predicted octanol–water partition coefficient (Wildman–Crippen LogP) is 2.97. The molecular formula is C15H16FNO. The van der Waals surface area contributed by atoms with Crippen LogP contribution in [0.25, 0.3) is 0 Å². The van der Waals surface area contributed by atoms with Crippen LogP contribution in [-0.2, 0) is 0 Å². The third-order valence-corrected chi connectivity index (χ3v) is 2.91. The van der Waals surface area contributed by atoms with Crippen LogP contribution in [0.5, 0.6) is 0 Å². The van der Waals surface area contributed by atoms with Crippen LogP contribution in [0.4, 0.5) is 10.1 Å². The molecule has 0 aliphatic carbocycles. The Bertz CT molecular complexity index is 540. The average Bonchev–Trinajstić information content (AvgIpc) is 2.38. The van der Waals surface area contributed by atoms with Crippen molar-refractivity contribution in [2.75, 3.05) is 19.0 Å². The molecular weight excluding hydrogens is 229 g/mol. The molecule has 0 saturated carbocycles. The summed E-state index contributed by atoms with van der Waals surface area (Å²) in [5, 5.41) is 10.3. The van der Waals surface area contributed by atoms with Gasteiger partial charge in [-0.3, -0.25) is 0 Å². The Labute approximate surface area is 106 Å². The van der Waals surface area contributed by atoms with E-state index in [1.54, 1.807) is 18.2 Å². The fraction of sp³-hybridized carbons (Fsp3) is 0.200. The lowest BCUT2D eigenvalue weighted by Crippen LogP contribution is -2.14. The molecule has 2 rings (SSSR count). The van der Waals surface area contributed by atoms with Crippen molar-refractivity contribution < 1.29 is 9.50 Å². The van der Waals surface area contributed by atoms with Gasteiger partial charge in [0.25, 0.3) is 0 Å². The monoisotopic (exact) mass is 245 g/mol. The summed E-state index contributed by atoms with van der Waals surface area (Å²) in [7, 11) is 3.79. The molecule has 0 radical (unpaired) electrons. The first-order chi connectivity index (χ1) is 8.61. The van der Waals surface area contributed by atoms with E-state index in [4.69, 9.17) is 0 Å². The van der Waals surface area contributed by atoms with Crippen molar-refractivity contribution in [3.8, 4) is 0 Å². The van der Waals surface area contributed by atoms with Crippen LogP contribution in [0.2, 0.25) is 0 Å². The summed E-state index contributed by atoms with van der Waals surface area (Å²) in [4.78, 5) is 1.90. The van der Waals surface area contributed by atoms with Gasteiger partial charge in [-0.15, -0.1) is 0 Å². The molecule has 1 atom stereocenters. The molecule has 1 N–H and O–H groups in total. The first kappa shape index (κ1) is 12.6. The molecule has 0 saturated heterocycles. The van der Waals surface area contributed by atoms with Gasteiger partial charge in [0.15, 0.2) is 0 Å². The number of nitrogens with zero attached hydrogens (tertiary/aromatic N) is 1. The predicted molar refractivity (Wildman–Crippen MR) is 71.2 cm³/mol. The molecule has 2 aromatic carbocycles. The Kier molecular flexibility index (Phi) is 3.63. The summed E-state index contributed by atoms with van der Waals surface area (Å²) in [6.07, 6.45) is -0.954. The zero-order chi connectivity index (χ0) is 13.1. The van der Waals surface area contributed by atoms with E-state index in [0.29, 0.717) is 11.1 Å². The summed E-state index contributed by atoms with van der Waals surface area (Å²) < 4.78 is 13.7. The highest BCUT2D eigenvalue weighted by molar-refractivity contribution is 5.55. The Balaban J connectivity index is 2.46. The Hall–Kier alpha value is -1.87. The van der Waals surface area contributed by atoms with Crippen molar-refractivity contribution >= 4 is 5.69 Å². The lowest BCUT2D eigenvalue weighted by molar-refractivity contribution is 0.215. The molecule has 0 fully saturated rings. The lowest BCUT2D eigenvalue weighted by Gasteiger charge is -2.21. The summed E-state index contributed by atoms with van der Waals surface area (Å²) in [6.45, 7) is 0. The van der Waals surface area contributed by atoms with Crippen molar-refractivity contribution in [1.82, 2.24) is 0 Å². The van der Waals surface area contributed by atoms with Gasteiger partial charge in [0.1, 0.15) is 11.9 Å². The van der Waals surface area contributed by atoms with Crippen molar-refractivity contribution in [3.05, 3.63) is 65.5 Å². The molecule has 0 aliphatic heterocycles. The van der Waals surface area contributed by atoms with Crippen LogP contribution < -0.4 is 4.90 Å². The van der Waals surface area contributed by atoms with Crippen LogP contribution in [0.15, 0.2) is 48.5 Å². The Morgan fingerprint density at radius 3 is 2.11 bits per heavy atom. The molecule has 94 valence electrons. The second-order valence-corrected chi connectivity index (χ2v) is 4.38. The van der Waals surface area contributed by atoms with E-state index in [-0.39, 0.29) is 0 Å². The zero-order valence-corrected chi connectivity index (χ0v) is 10.5. The summed E-state index contributed by atoms with van der Waals surface area (Å²) in [6, 6.07) is 13.7. The van der Waals surface area contributed by atoms with E-state index in [9.17, 15) is 9.50 Å². The third kappa shape index (κ3) is 2.36. The number of hydrogen-bond acceptors (Lipinski definition) is 2. The fourth-order valence-corrected chi connectivity index (χ4v) is 1.99. The van der Waals surface area contributed by atoms with Crippen LogP contribution in [0.3, 0.4) is 0 Å². The minimum atomic E-state index is -0.954. The van der Waals surface area contributed by atoms with Crippen molar-refractivity contribution in [2.45, 2.75) is 6.10 Å². The van der Waals surface area contributed by atoms with E-state index in [0.717, 1.165) is 5.69 Å². The maximum absolute atomic E-state index is 13.7. The van der Waals surface area contributed by atoms with Gasteiger partial charge >= 0.3 is 0 Å². The van der Waals surface area contributed by atoms with Crippen molar-refractivity contribution in [3.63, 3.8) is 0 Å². The number of para-hydroxylation sites is 1. The van der Waals surface area contributed by atoms with Gasteiger partial charge in [-0.1, -0.05) is 36.4 Å². The third-order valence-electron chi connectivity index (χ3n) is 2.91. The van der Waals surface area contributed by atoms with E-state index < -0.39 is 11.9 Å². The molecule has 0 bridgehead atoms. The SMILES string of the molecule is CN(C)c1ccccc1C(O)c1ccccc1F. The van der Waals surface area contributed by atoms with Crippen LogP contribution >= 0.6 is 0 Å². The summed E-state index contributed by atoms with van der Waals surface area (Å²) >= 11 is 0. The minimum absolute atomic E-state index is 0.298. The number of rotatable bonds is 3. The first-order valence-electron chi connectivity index (χ1n) is 5.80. The molecule has 3 heteroatoms. The number of aliphatic hydroxyl groups is 1. The molecule has 0 heterocycles. The normalized spacial score (nSPS) is 12.2. The Morgan fingerprint density at radius 2 is 1.50 bits per heavy atom. The van der Waals surface area contributed by atoms with Crippen molar-refractivity contribution in [2.24, 2.45) is 0 Å². The second-order valence-electron chi connectivity index (χ2n) is 4.38. The topological polar surface area (TPSA) is 23.5 Å². The highest BCUT2D eigenvalue weighted by atomic mass is 19.1. The standard InChI is InChI=1S/C15H16FNO/c1-17(2)14-10-6-4-8-12(14)15(18)11-7-3-5-9-13(11)16/h3-10,15,18H,1-2H3. The number of hydrogen-bond donors (Lipinski definition) is 1. The van der Waals surface area contributed by atoms with Gasteiger partial charge < -0.3 is 10.0 Å². The fourth-order valence-electron chi connectivity index (χ4n) is 1.99. The number of benzene rings is 2.